The first-order valence-corrected chi connectivity index (χ1v) is 6.37. The molecule has 1 amide bonds. The molecule has 0 unspecified atom stereocenters. The van der Waals surface area contributed by atoms with Crippen molar-refractivity contribution in [2.45, 2.75) is 26.4 Å². The average molecular weight is 255 g/mol. The van der Waals surface area contributed by atoms with Gasteiger partial charge in [-0.1, -0.05) is 11.3 Å². The zero-order valence-electron chi connectivity index (χ0n) is 10.3. The van der Waals surface area contributed by atoms with Crippen LogP contribution >= 0.6 is 11.3 Å². The van der Waals surface area contributed by atoms with Crippen molar-refractivity contribution in [3.05, 3.63) is 10.6 Å². The van der Waals surface area contributed by atoms with E-state index in [0.717, 1.165) is 0 Å². The number of aryl methyl sites for hydroxylation is 1. The topological polar surface area (TPSA) is 68.5 Å². The monoisotopic (exact) mass is 255 g/mol. The molecule has 0 radical (unpaired) electrons. The van der Waals surface area contributed by atoms with E-state index in [1.54, 1.807) is 0 Å². The predicted molar refractivity (Wildman–Crippen MR) is 67.2 cm³/mol. The van der Waals surface area contributed by atoms with Crippen LogP contribution in [0.1, 0.15) is 29.2 Å². The fourth-order valence-corrected chi connectivity index (χ4v) is 2.75. The number of morpholine rings is 1. The lowest BCUT2D eigenvalue weighted by molar-refractivity contribution is -0.0763. The smallest absolute Gasteiger partial charge is 0.266 e. The first-order valence-electron chi connectivity index (χ1n) is 5.55. The third-order valence-electron chi connectivity index (χ3n) is 2.72. The van der Waals surface area contributed by atoms with Gasteiger partial charge < -0.3 is 15.4 Å². The van der Waals surface area contributed by atoms with Gasteiger partial charge in [0.2, 0.25) is 0 Å². The van der Waals surface area contributed by atoms with E-state index >= 15 is 0 Å². The highest BCUT2D eigenvalue weighted by atomic mass is 32.1. The number of aromatic nitrogens is 1. The van der Waals surface area contributed by atoms with Crippen LogP contribution in [0.5, 0.6) is 0 Å². The Bertz CT molecular complexity index is 442. The van der Waals surface area contributed by atoms with Crippen LogP contribution in [0.15, 0.2) is 0 Å². The number of ether oxygens (including phenoxy) is 1. The van der Waals surface area contributed by atoms with Crippen LogP contribution in [0.3, 0.4) is 0 Å². The number of nitrogen functional groups attached to an aromatic ring is 1. The normalized spacial score (nSPS) is 19.4. The molecule has 17 heavy (non-hydrogen) atoms. The quantitative estimate of drug-likeness (QED) is 0.821. The lowest BCUT2D eigenvalue weighted by Crippen LogP contribution is -2.50. The maximum atomic E-state index is 12.3. The van der Waals surface area contributed by atoms with Crippen molar-refractivity contribution in [1.29, 1.82) is 0 Å². The molecule has 0 bridgehead atoms. The second kappa shape index (κ2) is 4.27. The Morgan fingerprint density at radius 3 is 2.82 bits per heavy atom. The number of carbonyl (C=O) groups excluding carboxylic acids is 1. The van der Waals surface area contributed by atoms with Gasteiger partial charge in [-0.3, -0.25) is 4.79 Å². The highest BCUT2D eigenvalue weighted by molar-refractivity contribution is 7.17. The van der Waals surface area contributed by atoms with Gasteiger partial charge in [-0.25, -0.2) is 4.98 Å². The van der Waals surface area contributed by atoms with E-state index in [-0.39, 0.29) is 11.5 Å². The van der Waals surface area contributed by atoms with E-state index < -0.39 is 0 Å². The fourth-order valence-electron chi connectivity index (χ4n) is 1.95. The van der Waals surface area contributed by atoms with E-state index in [1.807, 2.05) is 25.7 Å². The fraction of sp³-hybridized carbons (Fsp3) is 0.636. The highest BCUT2D eigenvalue weighted by Gasteiger charge is 2.31. The molecule has 0 aromatic carbocycles. The maximum Gasteiger partial charge on any atom is 0.266 e. The molecule has 6 heteroatoms. The summed E-state index contributed by atoms with van der Waals surface area (Å²) in [4.78, 5) is 18.8. The Hall–Kier alpha value is -1.14. The van der Waals surface area contributed by atoms with E-state index in [1.165, 1.54) is 11.3 Å². The Morgan fingerprint density at radius 2 is 2.29 bits per heavy atom. The minimum atomic E-state index is -0.280. The summed E-state index contributed by atoms with van der Waals surface area (Å²) in [5.41, 5.74) is 6.04. The van der Waals surface area contributed by atoms with E-state index in [2.05, 4.69) is 4.98 Å². The van der Waals surface area contributed by atoms with Gasteiger partial charge in [0.05, 0.1) is 17.9 Å². The van der Waals surface area contributed by atoms with E-state index in [4.69, 9.17) is 10.5 Å². The Labute approximate surface area is 105 Å². The molecule has 0 spiro atoms. The molecule has 1 aromatic heterocycles. The number of amides is 1. The summed E-state index contributed by atoms with van der Waals surface area (Å²) in [5, 5.41) is 0.443. The predicted octanol–water partition coefficient (Wildman–Crippen LogP) is 1.28. The standard InChI is InChI=1S/C11H17N3O2S/c1-7-8(17-10(12)13-7)9(15)14-4-5-16-11(2,3)6-14/h4-6H2,1-3H3,(H2,12,13). The summed E-state index contributed by atoms with van der Waals surface area (Å²) in [6, 6.07) is 0. The third kappa shape index (κ3) is 2.58. The average Bonchev–Trinajstić information content (AvgIpc) is 2.55. The molecule has 0 aliphatic carbocycles. The minimum Gasteiger partial charge on any atom is -0.375 e. The van der Waals surface area contributed by atoms with Crippen LogP contribution in [0.25, 0.3) is 0 Å². The SMILES string of the molecule is Cc1nc(N)sc1C(=O)N1CCOC(C)(C)C1. The number of anilines is 1. The van der Waals surface area contributed by atoms with Gasteiger partial charge in [0.1, 0.15) is 4.88 Å². The van der Waals surface area contributed by atoms with Crippen LogP contribution in [0.2, 0.25) is 0 Å². The molecule has 2 N–H and O–H groups in total. The first kappa shape index (κ1) is 12.3. The Balaban J connectivity index is 2.18. The Kier molecular flexibility index (Phi) is 3.09. The maximum absolute atomic E-state index is 12.3. The summed E-state index contributed by atoms with van der Waals surface area (Å²) in [7, 11) is 0. The Morgan fingerprint density at radius 1 is 1.59 bits per heavy atom. The molecule has 5 nitrogen and oxygen atoms in total. The minimum absolute atomic E-state index is 0.00748. The van der Waals surface area contributed by atoms with Gasteiger partial charge >= 0.3 is 0 Å². The second-order valence-electron chi connectivity index (χ2n) is 4.80. The van der Waals surface area contributed by atoms with E-state index in [9.17, 15) is 4.79 Å². The number of carbonyl (C=O) groups is 1. The van der Waals surface area contributed by atoms with Crippen molar-refractivity contribution >= 4 is 22.4 Å². The molecule has 0 atom stereocenters. The summed E-state index contributed by atoms with van der Waals surface area (Å²) in [5.74, 6) is 0.00748. The van der Waals surface area contributed by atoms with Crippen molar-refractivity contribution in [2.24, 2.45) is 0 Å². The third-order valence-corrected chi connectivity index (χ3v) is 3.69. The molecule has 1 fully saturated rings. The van der Waals surface area contributed by atoms with Crippen LogP contribution in [0, 0.1) is 6.92 Å². The zero-order valence-corrected chi connectivity index (χ0v) is 11.1. The van der Waals surface area contributed by atoms with Crippen LogP contribution in [0.4, 0.5) is 5.13 Å². The van der Waals surface area contributed by atoms with Gasteiger partial charge in [0, 0.05) is 13.1 Å². The van der Waals surface area contributed by atoms with Crippen molar-refractivity contribution in [1.82, 2.24) is 9.88 Å². The lowest BCUT2D eigenvalue weighted by atomic mass is 10.1. The molecular formula is C11H17N3O2S. The number of hydrogen-bond donors (Lipinski definition) is 1. The molecule has 94 valence electrons. The van der Waals surface area contributed by atoms with Crippen molar-refractivity contribution in [3.63, 3.8) is 0 Å². The summed E-state index contributed by atoms with van der Waals surface area (Å²) < 4.78 is 5.59. The largest absolute Gasteiger partial charge is 0.375 e. The number of nitrogens with zero attached hydrogens (tertiary/aromatic N) is 2. The second-order valence-corrected chi connectivity index (χ2v) is 5.83. The van der Waals surface area contributed by atoms with Crippen LogP contribution in [-0.4, -0.2) is 41.1 Å². The molecule has 1 aliphatic rings. The van der Waals surface area contributed by atoms with E-state index in [0.29, 0.717) is 35.4 Å². The summed E-state index contributed by atoms with van der Waals surface area (Å²) in [6.07, 6.45) is 0. The zero-order chi connectivity index (χ0) is 12.6. The lowest BCUT2D eigenvalue weighted by Gasteiger charge is -2.37. The summed E-state index contributed by atoms with van der Waals surface area (Å²) >= 11 is 1.25. The van der Waals surface area contributed by atoms with Crippen molar-refractivity contribution in [3.8, 4) is 0 Å². The highest BCUT2D eigenvalue weighted by Crippen LogP contribution is 2.24. The number of nitrogens with two attached hydrogens (primary N) is 1. The van der Waals surface area contributed by atoms with Crippen LogP contribution < -0.4 is 5.73 Å². The molecule has 1 aliphatic heterocycles. The molecule has 0 saturated carbocycles. The molecular weight excluding hydrogens is 238 g/mol. The molecule has 1 aromatic rings. The van der Waals surface area contributed by atoms with Gasteiger partial charge in [0.25, 0.3) is 5.91 Å². The number of rotatable bonds is 1. The first-order chi connectivity index (χ1) is 7.89. The van der Waals surface area contributed by atoms with Gasteiger partial charge in [-0.2, -0.15) is 0 Å². The number of hydrogen-bond acceptors (Lipinski definition) is 5. The molecule has 2 rings (SSSR count). The number of thiazole rings is 1. The summed E-state index contributed by atoms with van der Waals surface area (Å²) in [6.45, 7) is 7.58. The van der Waals surface area contributed by atoms with Crippen LogP contribution in [-0.2, 0) is 4.74 Å². The van der Waals surface area contributed by atoms with Gasteiger partial charge in [-0.15, -0.1) is 0 Å². The van der Waals surface area contributed by atoms with Crippen molar-refractivity contribution < 1.29 is 9.53 Å². The molecule has 1 saturated heterocycles. The van der Waals surface area contributed by atoms with Crippen molar-refractivity contribution in [2.75, 3.05) is 25.4 Å². The van der Waals surface area contributed by atoms with Gasteiger partial charge in [0.15, 0.2) is 5.13 Å². The molecule has 2 heterocycles. The van der Waals surface area contributed by atoms with Gasteiger partial charge in [-0.05, 0) is 20.8 Å².